The molecule has 2 aliphatic rings. The molecule has 13 heavy (non-hydrogen) atoms. The van der Waals surface area contributed by atoms with Crippen LogP contribution in [0.3, 0.4) is 0 Å². The van der Waals surface area contributed by atoms with E-state index < -0.39 is 0 Å². The molecule has 2 saturated carbocycles. The van der Waals surface area contributed by atoms with E-state index in [4.69, 9.17) is 0 Å². The lowest BCUT2D eigenvalue weighted by atomic mass is 10.0. The van der Waals surface area contributed by atoms with Crippen molar-refractivity contribution in [1.82, 2.24) is 0 Å². The van der Waals surface area contributed by atoms with E-state index in [0.717, 1.165) is 11.8 Å². The summed E-state index contributed by atoms with van der Waals surface area (Å²) in [5.41, 5.74) is 1.19. The van der Waals surface area contributed by atoms with Crippen LogP contribution in [0.2, 0.25) is 0 Å². The Balaban J connectivity index is 1.91. The fourth-order valence-corrected chi connectivity index (χ4v) is 3.05. The standard InChI is InChI=1S/C12H14O/c13-11-7-2-1-4-10(11)12-8-5-3-6-9(8)12/h1-2,4,7-9,12-13H,3,5-6H2/t8-,9+,12?. The molecule has 1 aromatic carbocycles. The Morgan fingerprint density at radius 1 is 1.08 bits per heavy atom. The third kappa shape index (κ3) is 0.995. The van der Waals surface area contributed by atoms with Crippen molar-refractivity contribution in [3.63, 3.8) is 0 Å². The fourth-order valence-electron chi connectivity index (χ4n) is 3.05. The van der Waals surface area contributed by atoms with Crippen molar-refractivity contribution >= 4 is 0 Å². The second-order valence-electron chi connectivity index (χ2n) is 4.34. The molecule has 0 saturated heterocycles. The quantitative estimate of drug-likeness (QED) is 0.694. The SMILES string of the molecule is Oc1ccccc1C1[C@H]2CCC[C@@H]12. The van der Waals surface area contributed by atoms with Gasteiger partial charge in [-0.3, -0.25) is 0 Å². The normalized spacial score (nSPS) is 35.8. The van der Waals surface area contributed by atoms with Gasteiger partial charge in [0.15, 0.2) is 0 Å². The van der Waals surface area contributed by atoms with E-state index in [2.05, 4.69) is 6.07 Å². The maximum absolute atomic E-state index is 9.68. The molecule has 1 unspecified atom stereocenters. The van der Waals surface area contributed by atoms with E-state index in [1.54, 1.807) is 0 Å². The Kier molecular flexibility index (Phi) is 1.43. The van der Waals surface area contributed by atoms with Crippen LogP contribution < -0.4 is 0 Å². The zero-order chi connectivity index (χ0) is 8.84. The highest BCUT2D eigenvalue weighted by Crippen LogP contribution is 2.64. The summed E-state index contributed by atoms with van der Waals surface area (Å²) in [6, 6.07) is 7.82. The number of rotatable bonds is 1. The minimum absolute atomic E-state index is 0.502. The molecule has 0 aromatic heterocycles. The molecule has 0 bridgehead atoms. The van der Waals surface area contributed by atoms with Gasteiger partial charge in [-0.1, -0.05) is 24.6 Å². The molecule has 68 valence electrons. The molecule has 3 rings (SSSR count). The molecule has 0 amide bonds. The number of phenols is 1. The van der Waals surface area contributed by atoms with E-state index in [0.29, 0.717) is 11.7 Å². The number of hydrogen-bond donors (Lipinski definition) is 1. The van der Waals surface area contributed by atoms with Crippen LogP contribution in [0.25, 0.3) is 0 Å². The number of phenolic OH excluding ortho intramolecular Hbond substituents is 1. The van der Waals surface area contributed by atoms with Crippen LogP contribution in [-0.2, 0) is 0 Å². The van der Waals surface area contributed by atoms with Crippen molar-refractivity contribution in [3.05, 3.63) is 29.8 Å². The summed E-state index contributed by atoms with van der Waals surface area (Å²) in [7, 11) is 0. The largest absolute Gasteiger partial charge is 0.508 e. The molecule has 0 heterocycles. The molecule has 0 aliphatic heterocycles. The fraction of sp³-hybridized carbons (Fsp3) is 0.500. The van der Waals surface area contributed by atoms with E-state index in [-0.39, 0.29) is 0 Å². The molecule has 0 spiro atoms. The summed E-state index contributed by atoms with van der Waals surface area (Å²) in [4.78, 5) is 0. The summed E-state index contributed by atoms with van der Waals surface area (Å²) < 4.78 is 0. The number of hydrogen-bond acceptors (Lipinski definition) is 1. The highest BCUT2D eigenvalue weighted by atomic mass is 16.3. The first kappa shape index (κ1) is 7.43. The summed E-state index contributed by atoms with van der Waals surface area (Å²) in [5.74, 6) is 2.98. The van der Waals surface area contributed by atoms with Gasteiger partial charge in [0.1, 0.15) is 5.75 Å². The number of para-hydroxylation sites is 1. The lowest BCUT2D eigenvalue weighted by molar-refractivity contribution is 0.464. The van der Waals surface area contributed by atoms with Crippen molar-refractivity contribution in [2.24, 2.45) is 11.8 Å². The predicted molar refractivity (Wildman–Crippen MR) is 51.7 cm³/mol. The molecule has 0 radical (unpaired) electrons. The van der Waals surface area contributed by atoms with Crippen molar-refractivity contribution in [2.75, 3.05) is 0 Å². The molecular weight excluding hydrogens is 160 g/mol. The average molecular weight is 174 g/mol. The Hall–Kier alpha value is -0.980. The number of aromatic hydroxyl groups is 1. The lowest BCUT2D eigenvalue weighted by Crippen LogP contribution is -1.87. The Bertz CT molecular complexity index is 322. The summed E-state index contributed by atoms with van der Waals surface area (Å²) in [6.45, 7) is 0. The zero-order valence-corrected chi connectivity index (χ0v) is 7.61. The predicted octanol–water partition coefficient (Wildman–Crippen LogP) is 2.91. The van der Waals surface area contributed by atoms with Crippen LogP contribution >= 0.6 is 0 Å². The first-order valence-electron chi connectivity index (χ1n) is 5.16. The highest BCUT2D eigenvalue weighted by molar-refractivity contribution is 5.40. The molecule has 1 aromatic rings. The van der Waals surface area contributed by atoms with Gasteiger partial charge in [0, 0.05) is 0 Å². The van der Waals surface area contributed by atoms with Crippen LogP contribution in [-0.4, -0.2) is 5.11 Å². The van der Waals surface area contributed by atoms with Gasteiger partial charge < -0.3 is 5.11 Å². The topological polar surface area (TPSA) is 20.2 Å². The van der Waals surface area contributed by atoms with Crippen LogP contribution in [0, 0.1) is 11.8 Å². The van der Waals surface area contributed by atoms with Crippen molar-refractivity contribution in [3.8, 4) is 5.75 Å². The first-order valence-corrected chi connectivity index (χ1v) is 5.16. The minimum atomic E-state index is 0.502. The summed E-state index contributed by atoms with van der Waals surface area (Å²) in [5, 5.41) is 9.68. The zero-order valence-electron chi connectivity index (χ0n) is 7.61. The van der Waals surface area contributed by atoms with Crippen molar-refractivity contribution in [1.29, 1.82) is 0 Å². The van der Waals surface area contributed by atoms with Gasteiger partial charge in [0.2, 0.25) is 0 Å². The van der Waals surface area contributed by atoms with Crippen LogP contribution in [0.4, 0.5) is 0 Å². The molecule has 1 nitrogen and oxygen atoms in total. The van der Waals surface area contributed by atoms with E-state index in [1.165, 1.54) is 24.8 Å². The Morgan fingerprint density at radius 3 is 2.46 bits per heavy atom. The van der Waals surface area contributed by atoms with Gasteiger partial charge in [-0.25, -0.2) is 0 Å². The van der Waals surface area contributed by atoms with Gasteiger partial charge in [-0.2, -0.15) is 0 Å². The Labute approximate surface area is 78.4 Å². The molecule has 1 N–H and O–H groups in total. The van der Waals surface area contributed by atoms with Crippen LogP contribution in [0.5, 0.6) is 5.75 Å². The van der Waals surface area contributed by atoms with E-state index in [9.17, 15) is 5.11 Å². The third-order valence-electron chi connectivity index (χ3n) is 3.70. The Morgan fingerprint density at radius 2 is 1.77 bits per heavy atom. The van der Waals surface area contributed by atoms with Gasteiger partial charge in [0.25, 0.3) is 0 Å². The number of benzene rings is 1. The third-order valence-corrected chi connectivity index (χ3v) is 3.70. The maximum atomic E-state index is 9.68. The van der Waals surface area contributed by atoms with Gasteiger partial charge in [-0.15, -0.1) is 0 Å². The molecular formula is C12H14O. The highest BCUT2D eigenvalue weighted by Gasteiger charge is 2.53. The average Bonchev–Trinajstić information content (AvgIpc) is 2.61. The van der Waals surface area contributed by atoms with Crippen LogP contribution in [0.1, 0.15) is 30.7 Å². The lowest BCUT2D eigenvalue weighted by Gasteiger charge is -2.05. The monoisotopic (exact) mass is 174 g/mol. The summed E-state index contributed by atoms with van der Waals surface area (Å²) in [6.07, 6.45) is 4.16. The van der Waals surface area contributed by atoms with Gasteiger partial charge in [0.05, 0.1) is 0 Å². The molecule has 1 heteroatoms. The summed E-state index contributed by atoms with van der Waals surface area (Å²) >= 11 is 0. The van der Waals surface area contributed by atoms with E-state index >= 15 is 0 Å². The minimum Gasteiger partial charge on any atom is -0.508 e. The second kappa shape index (κ2) is 2.50. The van der Waals surface area contributed by atoms with Crippen molar-refractivity contribution < 1.29 is 5.11 Å². The molecule has 3 atom stereocenters. The second-order valence-corrected chi connectivity index (χ2v) is 4.34. The molecule has 2 fully saturated rings. The maximum Gasteiger partial charge on any atom is 0.119 e. The van der Waals surface area contributed by atoms with Gasteiger partial charge in [-0.05, 0) is 42.2 Å². The smallest absolute Gasteiger partial charge is 0.119 e. The molecule has 2 aliphatic carbocycles. The van der Waals surface area contributed by atoms with Crippen LogP contribution in [0.15, 0.2) is 24.3 Å². The number of fused-ring (bicyclic) bond motifs is 1. The van der Waals surface area contributed by atoms with Crippen molar-refractivity contribution in [2.45, 2.75) is 25.2 Å². The first-order chi connectivity index (χ1) is 6.38. The van der Waals surface area contributed by atoms with Gasteiger partial charge >= 0.3 is 0 Å². The van der Waals surface area contributed by atoms with E-state index in [1.807, 2.05) is 18.2 Å².